The van der Waals surface area contributed by atoms with Crippen LogP contribution in [0.3, 0.4) is 0 Å². The number of fused-ring (bicyclic) bond motifs is 3. The third-order valence-electron chi connectivity index (χ3n) is 2.46. The van der Waals surface area contributed by atoms with Crippen LogP contribution in [0.15, 0.2) is 28.6 Å². The largest absolute Gasteiger partial charge is 1.00 e. The standard InChI is InChI=1S/C10H9BrNS2.BrH/c11-5-7-6-13-10-12(7)8-3-1-2-4-9(8)14-10;/h1-4,7H,5-6H2;1H/q+1;/p-1. The highest BCUT2D eigenvalue weighted by Crippen LogP contribution is 2.36. The first-order chi connectivity index (χ1) is 6.90. The Morgan fingerprint density at radius 1 is 1.40 bits per heavy atom. The van der Waals surface area contributed by atoms with Crippen molar-refractivity contribution in [3.63, 3.8) is 0 Å². The number of thiazole rings is 1. The van der Waals surface area contributed by atoms with E-state index in [1.807, 2.05) is 23.1 Å². The quantitative estimate of drug-likeness (QED) is 0.516. The Balaban J connectivity index is 0.000000853. The molecule has 1 aromatic heterocycles. The summed E-state index contributed by atoms with van der Waals surface area (Å²) in [5.74, 6) is 1.21. The number of nitrogens with zero attached hydrogens (tertiary/aromatic N) is 1. The van der Waals surface area contributed by atoms with Gasteiger partial charge in [-0.2, -0.15) is 4.57 Å². The summed E-state index contributed by atoms with van der Waals surface area (Å²) in [7, 11) is 0. The molecule has 2 aromatic rings. The molecule has 5 heteroatoms. The van der Waals surface area contributed by atoms with Gasteiger partial charge in [0.15, 0.2) is 6.04 Å². The third kappa shape index (κ3) is 1.88. The molecule has 1 nitrogen and oxygen atoms in total. The molecule has 2 heterocycles. The first-order valence-corrected chi connectivity index (χ1v) is 7.44. The van der Waals surface area contributed by atoms with E-state index in [2.05, 4.69) is 44.8 Å². The lowest BCUT2D eigenvalue weighted by atomic mass is 10.3. The number of para-hydroxylation sites is 1. The number of aromatic nitrogens is 1. The molecule has 0 spiro atoms. The van der Waals surface area contributed by atoms with E-state index in [1.54, 1.807) is 0 Å². The molecule has 0 saturated carbocycles. The van der Waals surface area contributed by atoms with Crippen LogP contribution in [-0.4, -0.2) is 11.1 Å². The highest BCUT2D eigenvalue weighted by molar-refractivity contribution is 9.09. The average Bonchev–Trinajstić information content (AvgIpc) is 2.75. The van der Waals surface area contributed by atoms with Crippen LogP contribution in [0.4, 0.5) is 0 Å². The molecule has 80 valence electrons. The van der Waals surface area contributed by atoms with Gasteiger partial charge in [-0.3, -0.25) is 0 Å². The van der Waals surface area contributed by atoms with Crippen molar-refractivity contribution in [2.24, 2.45) is 0 Å². The lowest BCUT2D eigenvalue weighted by Crippen LogP contribution is -3.00. The van der Waals surface area contributed by atoms with Crippen molar-refractivity contribution in [3.05, 3.63) is 24.3 Å². The molecule has 1 atom stereocenters. The smallest absolute Gasteiger partial charge is 0.298 e. The maximum atomic E-state index is 3.59. The van der Waals surface area contributed by atoms with Gasteiger partial charge in [-0.15, -0.1) is 0 Å². The zero-order valence-corrected chi connectivity index (χ0v) is 12.6. The molecule has 1 aliphatic rings. The van der Waals surface area contributed by atoms with E-state index < -0.39 is 0 Å². The first-order valence-electron chi connectivity index (χ1n) is 4.52. The monoisotopic (exact) mass is 365 g/mol. The van der Waals surface area contributed by atoms with Gasteiger partial charge in [0, 0.05) is 6.07 Å². The minimum absolute atomic E-state index is 0. The molecule has 0 saturated heterocycles. The summed E-state index contributed by atoms with van der Waals surface area (Å²) >= 11 is 7.48. The van der Waals surface area contributed by atoms with Crippen LogP contribution in [0.25, 0.3) is 10.2 Å². The summed E-state index contributed by atoms with van der Waals surface area (Å²) in [6.45, 7) is 0. The van der Waals surface area contributed by atoms with E-state index in [9.17, 15) is 0 Å². The molecule has 1 unspecified atom stereocenters. The van der Waals surface area contributed by atoms with Crippen LogP contribution in [0, 0.1) is 0 Å². The Morgan fingerprint density at radius 3 is 3.00 bits per heavy atom. The Bertz CT molecular complexity index is 483. The second kappa shape index (κ2) is 4.73. The number of hydrogen-bond acceptors (Lipinski definition) is 2. The van der Waals surface area contributed by atoms with E-state index in [0.717, 1.165) is 5.33 Å². The average molecular weight is 367 g/mol. The van der Waals surface area contributed by atoms with E-state index in [4.69, 9.17) is 0 Å². The van der Waals surface area contributed by atoms with Crippen molar-refractivity contribution in [3.8, 4) is 0 Å². The van der Waals surface area contributed by atoms with Crippen molar-refractivity contribution < 1.29 is 21.5 Å². The topological polar surface area (TPSA) is 3.88 Å². The van der Waals surface area contributed by atoms with Crippen molar-refractivity contribution in [1.82, 2.24) is 0 Å². The highest BCUT2D eigenvalue weighted by atomic mass is 79.9. The third-order valence-corrected chi connectivity index (χ3v) is 5.74. The molecular formula is C10H9Br2NS2. The number of rotatable bonds is 1. The Labute approximate surface area is 116 Å². The van der Waals surface area contributed by atoms with Gasteiger partial charge >= 0.3 is 0 Å². The maximum Gasteiger partial charge on any atom is 0.298 e. The summed E-state index contributed by atoms with van der Waals surface area (Å²) in [6, 6.07) is 9.29. The number of hydrogen-bond donors (Lipinski definition) is 0. The fraction of sp³-hybridized carbons (Fsp3) is 0.300. The molecule has 1 aromatic carbocycles. The maximum absolute atomic E-state index is 3.59. The Morgan fingerprint density at radius 2 is 2.20 bits per heavy atom. The van der Waals surface area contributed by atoms with E-state index >= 15 is 0 Å². The van der Waals surface area contributed by atoms with Crippen LogP contribution in [0.2, 0.25) is 0 Å². The first kappa shape index (κ1) is 11.9. The van der Waals surface area contributed by atoms with Crippen LogP contribution in [0.5, 0.6) is 0 Å². The molecule has 0 aliphatic carbocycles. The van der Waals surface area contributed by atoms with E-state index in [1.165, 1.54) is 20.3 Å². The molecule has 0 N–H and O–H groups in total. The molecule has 0 fully saturated rings. The number of benzene rings is 1. The van der Waals surface area contributed by atoms with Crippen molar-refractivity contribution in [1.29, 1.82) is 0 Å². The summed E-state index contributed by atoms with van der Waals surface area (Å²) < 4.78 is 5.33. The molecule has 3 rings (SSSR count). The van der Waals surface area contributed by atoms with E-state index in [0.29, 0.717) is 6.04 Å². The van der Waals surface area contributed by atoms with Crippen molar-refractivity contribution >= 4 is 49.2 Å². The zero-order chi connectivity index (χ0) is 9.54. The van der Waals surface area contributed by atoms with Gasteiger partial charge in [0.2, 0.25) is 5.52 Å². The van der Waals surface area contributed by atoms with Crippen LogP contribution in [-0.2, 0) is 0 Å². The van der Waals surface area contributed by atoms with Gasteiger partial charge in [0.1, 0.15) is 4.70 Å². The normalized spacial score (nSPS) is 18.9. The highest BCUT2D eigenvalue weighted by Gasteiger charge is 2.35. The molecule has 0 radical (unpaired) electrons. The van der Waals surface area contributed by atoms with Gasteiger partial charge in [0.05, 0.1) is 11.1 Å². The lowest BCUT2D eigenvalue weighted by Gasteiger charge is -1.98. The summed E-state index contributed by atoms with van der Waals surface area (Å²) in [4.78, 5) is 0. The summed E-state index contributed by atoms with van der Waals surface area (Å²) in [5, 5.41) is 1.05. The van der Waals surface area contributed by atoms with Crippen molar-refractivity contribution in [2.75, 3.05) is 11.1 Å². The Kier molecular flexibility index (Phi) is 3.75. The summed E-state index contributed by atoms with van der Waals surface area (Å²) in [5.41, 5.74) is 1.39. The van der Waals surface area contributed by atoms with Crippen LogP contribution < -0.4 is 21.5 Å². The Hall–Kier alpha value is 0.420. The van der Waals surface area contributed by atoms with Gasteiger partial charge in [-0.1, -0.05) is 39.4 Å². The fourth-order valence-electron chi connectivity index (χ4n) is 1.78. The molecule has 15 heavy (non-hydrogen) atoms. The van der Waals surface area contributed by atoms with Gasteiger partial charge in [-0.25, -0.2) is 0 Å². The SMILES string of the molecule is BrCC1CSc2sc3ccccc3[n+]21.[Br-]. The van der Waals surface area contributed by atoms with Crippen LogP contribution >= 0.6 is 39.0 Å². The molecular weight excluding hydrogens is 358 g/mol. The lowest BCUT2D eigenvalue weighted by molar-refractivity contribution is -0.713. The molecule has 0 bridgehead atoms. The number of alkyl halides is 1. The molecule has 0 amide bonds. The fourth-order valence-corrected chi connectivity index (χ4v) is 5.25. The second-order valence-corrected chi connectivity index (χ2v) is 6.27. The van der Waals surface area contributed by atoms with E-state index in [-0.39, 0.29) is 17.0 Å². The number of thioether (sulfide) groups is 1. The van der Waals surface area contributed by atoms with Gasteiger partial charge < -0.3 is 17.0 Å². The molecule has 1 aliphatic heterocycles. The van der Waals surface area contributed by atoms with Crippen molar-refractivity contribution in [2.45, 2.75) is 10.4 Å². The predicted octanol–water partition coefficient (Wildman–Crippen LogP) is 0.235. The predicted molar refractivity (Wildman–Crippen MR) is 65.6 cm³/mol. The summed E-state index contributed by atoms with van der Waals surface area (Å²) in [6.07, 6.45) is 0. The minimum atomic E-state index is 0. The van der Waals surface area contributed by atoms with Gasteiger partial charge in [-0.05, 0) is 17.8 Å². The van der Waals surface area contributed by atoms with Gasteiger partial charge in [0.25, 0.3) is 4.34 Å². The minimum Gasteiger partial charge on any atom is -1.00 e. The zero-order valence-electron chi connectivity index (χ0n) is 7.82. The van der Waals surface area contributed by atoms with Crippen LogP contribution in [0.1, 0.15) is 6.04 Å². The number of halogens is 2. The second-order valence-electron chi connectivity index (χ2n) is 3.32.